The Morgan fingerprint density at radius 1 is 1.06 bits per heavy atom. The molecule has 92 valence electrons. The standard InChI is InChI=1S/C13H8Br2INO/c14-9-5-8(6-10(15)7-9)13(18)17-12-4-2-1-3-11(12)16/h1-7H,(H,17,18). The van der Waals surface area contributed by atoms with E-state index in [1.54, 1.807) is 12.1 Å². The van der Waals surface area contributed by atoms with Gasteiger partial charge in [-0.05, 0) is 52.9 Å². The molecule has 0 saturated carbocycles. The second kappa shape index (κ2) is 6.16. The molecule has 2 rings (SSSR count). The number of halogens is 3. The van der Waals surface area contributed by atoms with Gasteiger partial charge in [0, 0.05) is 18.1 Å². The highest BCUT2D eigenvalue weighted by molar-refractivity contribution is 14.1. The molecule has 0 bridgehead atoms. The summed E-state index contributed by atoms with van der Waals surface area (Å²) in [6, 6.07) is 13.1. The summed E-state index contributed by atoms with van der Waals surface area (Å²) in [5.41, 5.74) is 1.43. The number of anilines is 1. The number of hydrogen-bond acceptors (Lipinski definition) is 1. The summed E-state index contributed by atoms with van der Waals surface area (Å²) < 4.78 is 2.74. The molecule has 2 aromatic carbocycles. The number of carbonyl (C=O) groups excluding carboxylic acids is 1. The first-order valence-electron chi connectivity index (χ1n) is 5.08. The second-order valence-corrected chi connectivity index (χ2v) is 6.59. The van der Waals surface area contributed by atoms with E-state index in [1.807, 2.05) is 30.3 Å². The van der Waals surface area contributed by atoms with Gasteiger partial charge in [0.2, 0.25) is 0 Å². The molecule has 0 aliphatic carbocycles. The fourth-order valence-corrected chi connectivity index (χ4v) is 3.26. The average molecular weight is 481 g/mol. The number of para-hydroxylation sites is 1. The molecule has 0 aliphatic heterocycles. The van der Waals surface area contributed by atoms with Crippen LogP contribution in [-0.2, 0) is 0 Å². The predicted molar refractivity (Wildman–Crippen MR) is 89.0 cm³/mol. The molecule has 1 N–H and O–H groups in total. The van der Waals surface area contributed by atoms with Crippen LogP contribution in [0, 0.1) is 3.57 Å². The molecule has 0 spiro atoms. The quantitative estimate of drug-likeness (QED) is 0.597. The van der Waals surface area contributed by atoms with E-state index in [9.17, 15) is 4.79 Å². The second-order valence-electron chi connectivity index (χ2n) is 3.59. The van der Waals surface area contributed by atoms with Gasteiger partial charge in [-0.25, -0.2) is 0 Å². The van der Waals surface area contributed by atoms with Gasteiger partial charge in [0.05, 0.1) is 5.69 Å². The van der Waals surface area contributed by atoms with Crippen molar-refractivity contribution < 1.29 is 4.79 Å². The molecule has 5 heteroatoms. The van der Waals surface area contributed by atoms with Crippen LogP contribution in [0.25, 0.3) is 0 Å². The summed E-state index contributed by atoms with van der Waals surface area (Å²) in [7, 11) is 0. The van der Waals surface area contributed by atoms with Crippen LogP contribution < -0.4 is 5.32 Å². The summed E-state index contributed by atoms with van der Waals surface area (Å²) >= 11 is 8.93. The van der Waals surface area contributed by atoms with E-state index in [0.29, 0.717) is 5.56 Å². The zero-order valence-electron chi connectivity index (χ0n) is 9.08. The molecule has 18 heavy (non-hydrogen) atoms. The van der Waals surface area contributed by atoms with Gasteiger partial charge in [-0.1, -0.05) is 44.0 Å². The molecule has 1 amide bonds. The maximum Gasteiger partial charge on any atom is 0.255 e. The summed E-state index contributed by atoms with van der Waals surface area (Å²) in [4.78, 5) is 12.1. The zero-order chi connectivity index (χ0) is 13.1. The highest BCUT2D eigenvalue weighted by Gasteiger charge is 2.09. The van der Waals surface area contributed by atoms with Crippen LogP contribution in [0.3, 0.4) is 0 Å². The molecule has 2 aromatic rings. The van der Waals surface area contributed by atoms with Crippen molar-refractivity contribution in [1.82, 2.24) is 0 Å². The van der Waals surface area contributed by atoms with E-state index in [4.69, 9.17) is 0 Å². The molecule has 0 saturated heterocycles. The predicted octanol–water partition coefficient (Wildman–Crippen LogP) is 5.07. The normalized spacial score (nSPS) is 10.2. The molecular formula is C13H8Br2INO. The Morgan fingerprint density at radius 2 is 1.67 bits per heavy atom. The Hall–Kier alpha value is -0.400. The molecule has 0 heterocycles. The van der Waals surface area contributed by atoms with E-state index in [1.165, 1.54) is 0 Å². The van der Waals surface area contributed by atoms with Gasteiger partial charge in [0.15, 0.2) is 0 Å². The number of rotatable bonds is 2. The fourth-order valence-electron chi connectivity index (χ4n) is 1.44. The number of nitrogens with one attached hydrogen (secondary N) is 1. The number of benzene rings is 2. The molecule has 0 radical (unpaired) electrons. The SMILES string of the molecule is O=C(Nc1ccccc1I)c1cc(Br)cc(Br)c1. The Kier molecular flexibility index (Phi) is 4.80. The van der Waals surface area contributed by atoms with Crippen molar-refractivity contribution >= 4 is 66.0 Å². The lowest BCUT2D eigenvalue weighted by molar-refractivity contribution is 0.102. The lowest BCUT2D eigenvalue weighted by Gasteiger charge is -2.08. The van der Waals surface area contributed by atoms with Crippen molar-refractivity contribution in [2.45, 2.75) is 0 Å². The maximum absolute atomic E-state index is 12.1. The number of amides is 1. The van der Waals surface area contributed by atoms with Crippen LogP contribution in [0.4, 0.5) is 5.69 Å². The first-order valence-corrected chi connectivity index (χ1v) is 7.75. The molecule has 0 aliphatic rings. The summed E-state index contributed by atoms with van der Waals surface area (Å²) in [5.74, 6) is -0.124. The van der Waals surface area contributed by atoms with E-state index in [2.05, 4.69) is 59.8 Å². The van der Waals surface area contributed by atoms with Crippen LogP contribution in [0.1, 0.15) is 10.4 Å². The third-order valence-electron chi connectivity index (χ3n) is 2.25. The summed E-state index contributed by atoms with van der Waals surface area (Å²) in [6.45, 7) is 0. The van der Waals surface area contributed by atoms with Crippen molar-refractivity contribution in [3.05, 3.63) is 60.5 Å². The van der Waals surface area contributed by atoms with Gasteiger partial charge in [-0.2, -0.15) is 0 Å². The third-order valence-corrected chi connectivity index (χ3v) is 4.10. The largest absolute Gasteiger partial charge is 0.321 e. The Labute approximate surface area is 136 Å². The van der Waals surface area contributed by atoms with Gasteiger partial charge < -0.3 is 5.32 Å². The van der Waals surface area contributed by atoms with Crippen molar-refractivity contribution in [1.29, 1.82) is 0 Å². The maximum atomic E-state index is 12.1. The van der Waals surface area contributed by atoms with Gasteiger partial charge in [-0.3, -0.25) is 4.79 Å². The molecule has 0 unspecified atom stereocenters. The number of carbonyl (C=O) groups is 1. The lowest BCUT2D eigenvalue weighted by atomic mass is 10.2. The topological polar surface area (TPSA) is 29.1 Å². The average Bonchev–Trinajstić information content (AvgIpc) is 2.31. The van der Waals surface area contributed by atoms with Crippen LogP contribution >= 0.6 is 54.5 Å². The van der Waals surface area contributed by atoms with Crippen molar-refractivity contribution in [2.24, 2.45) is 0 Å². The Bertz CT molecular complexity index is 581. The summed E-state index contributed by atoms with van der Waals surface area (Å²) in [5, 5.41) is 2.89. The molecule has 0 fully saturated rings. The van der Waals surface area contributed by atoms with E-state index in [-0.39, 0.29) is 5.91 Å². The van der Waals surface area contributed by atoms with Crippen molar-refractivity contribution in [2.75, 3.05) is 5.32 Å². The van der Waals surface area contributed by atoms with Gasteiger partial charge in [0.1, 0.15) is 0 Å². The Balaban J connectivity index is 2.25. The molecule has 2 nitrogen and oxygen atoms in total. The van der Waals surface area contributed by atoms with Crippen LogP contribution in [0.5, 0.6) is 0 Å². The van der Waals surface area contributed by atoms with Gasteiger partial charge in [0.25, 0.3) is 5.91 Å². The third kappa shape index (κ3) is 3.55. The van der Waals surface area contributed by atoms with Gasteiger partial charge >= 0.3 is 0 Å². The first kappa shape index (κ1) is 14.0. The van der Waals surface area contributed by atoms with Gasteiger partial charge in [-0.15, -0.1) is 0 Å². The minimum absolute atomic E-state index is 0.124. The lowest BCUT2D eigenvalue weighted by Crippen LogP contribution is -2.12. The van der Waals surface area contributed by atoms with Crippen LogP contribution in [0.15, 0.2) is 51.4 Å². The molecule has 0 aromatic heterocycles. The zero-order valence-corrected chi connectivity index (χ0v) is 14.4. The molecule has 0 atom stereocenters. The monoisotopic (exact) mass is 479 g/mol. The van der Waals surface area contributed by atoms with E-state index < -0.39 is 0 Å². The smallest absolute Gasteiger partial charge is 0.255 e. The van der Waals surface area contributed by atoms with Crippen LogP contribution in [0.2, 0.25) is 0 Å². The first-order chi connectivity index (χ1) is 8.56. The Morgan fingerprint density at radius 3 is 2.28 bits per heavy atom. The minimum Gasteiger partial charge on any atom is -0.321 e. The summed E-state index contributed by atoms with van der Waals surface area (Å²) in [6.07, 6.45) is 0. The minimum atomic E-state index is -0.124. The van der Waals surface area contributed by atoms with E-state index in [0.717, 1.165) is 18.2 Å². The highest BCUT2D eigenvalue weighted by Crippen LogP contribution is 2.22. The van der Waals surface area contributed by atoms with E-state index >= 15 is 0 Å². The highest BCUT2D eigenvalue weighted by atomic mass is 127. The molecular weight excluding hydrogens is 473 g/mol. The number of hydrogen-bond donors (Lipinski definition) is 1. The van der Waals surface area contributed by atoms with Crippen molar-refractivity contribution in [3.63, 3.8) is 0 Å². The van der Waals surface area contributed by atoms with Crippen LogP contribution in [-0.4, -0.2) is 5.91 Å². The van der Waals surface area contributed by atoms with Crippen molar-refractivity contribution in [3.8, 4) is 0 Å². The fraction of sp³-hybridized carbons (Fsp3) is 0.